The highest BCUT2D eigenvalue weighted by Crippen LogP contribution is 2.17. The Bertz CT molecular complexity index is 505. The molecule has 0 saturated heterocycles. The molecule has 2 aromatic rings. The van der Waals surface area contributed by atoms with E-state index in [1.165, 1.54) is 12.1 Å². The topological polar surface area (TPSA) is 73.1 Å². The summed E-state index contributed by atoms with van der Waals surface area (Å²) in [5, 5.41) is 6.29. The zero-order valence-electron chi connectivity index (χ0n) is 6.99. The highest BCUT2D eigenvalue weighted by atomic mass is 32.2. The van der Waals surface area contributed by atoms with Gasteiger partial charge in [-0.3, -0.25) is 0 Å². The zero-order valence-corrected chi connectivity index (χ0v) is 7.81. The third-order valence-electron chi connectivity index (χ3n) is 1.67. The van der Waals surface area contributed by atoms with Crippen molar-refractivity contribution in [3.63, 3.8) is 0 Å². The average molecular weight is 210 g/mol. The normalized spacial score (nSPS) is 11.4. The van der Waals surface area contributed by atoms with Crippen LogP contribution < -0.4 is 0 Å². The number of nitrogens with zero attached hydrogens (tertiary/aromatic N) is 2. The molecule has 5 nitrogen and oxygen atoms in total. The molecule has 72 valence electrons. The van der Waals surface area contributed by atoms with Gasteiger partial charge < -0.3 is 4.52 Å². The molecule has 0 saturated carbocycles. The molecule has 1 heterocycles. The highest BCUT2D eigenvalue weighted by molar-refractivity contribution is 7.91. The van der Waals surface area contributed by atoms with Gasteiger partial charge in [-0.25, -0.2) is 8.42 Å². The molecule has 0 atom stereocenters. The van der Waals surface area contributed by atoms with Crippen LogP contribution in [-0.4, -0.2) is 18.8 Å². The molecule has 0 amide bonds. The summed E-state index contributed by atoms with van der Waals surface area (Å²) in [6, 6.07) is 7.99. The van der Waals surface area contributed by atoms with Gasteiger partial charge in [-0.1, -0.05) is 23.3 Å². The number of hydrogen-bond donors (Lipinski definition) is 0. The minimum absolute atomic E-state index is 0.177. The Morgan fingerprint density at radius 1 is 1.14 bits per heavy atom. The first-order valence-corrected chi connectivity index (χ1v) is 5.27. The first-order chi connectivity index (χ1) is 6.71. The second-order valence-corrected chi connectivity index (χ2v) is 4.46. The van der Waals surface area contributed by atoms with Gasteiger partial charge in [0.2, 0.25) is 14.9 Å². The van der Waals surface area contributed by atoms with Gasteiger partial charge in [0.1, 0.15) is 0 Å². The Kier molecular flexibility index (Phi) is 2.05. The first kappa shape index (κ1) is 8.89. The number of hydrogen-bond acceptors (Lipinski definition) is 5. The number of sulfone groups is 1. The molecule has 14 heavy (non-hydrogen) atoms. The maximum Gasteiger partial charge on any atom is 0.229 e. The molecule has 0 unspecified atom stereocenters. The molecular weight excluding hydrogens is 204 g/mol. The molecule has 0 fully saturated rings. The van der Waals surface area contributed by atoms with Crippen LogP contribution in [-0.2, 0) is 9.84 Å². The molecule has 0 N–H and O–H groups in total. The SMILES string of the molecule is O=S(=O)(c1ccccc1)c1conn1. The van der Waals surface area contributed by atoms with Crippen molar-refractivity contribution in [3.8, 4) is 0 Å². The van der Waals surface area contributed by atoms with Crippen molar-refractivity contribution in [2.24, 2.45) is 0 Å². The van der Waals surface area contributed by atoms with E-state index in [0.29, 0.717) is 0 Å². The van der Waals surface area contributed by atoms with Crippen LogP contribution in [0, 0.1) is 0 Å². The van der Waals surface area contributed by atoms with E-state index in [4.69, 9.17) is 0 Å². The second kappa shape index (κ2) is 3.22. The van der Waals surface area contributed by atoms with Crippen LogP contribution in [0.15, 0.2) is 51.0 Å². The summed E-state index contributed by atoms with van der Waals surface area (Å²) >= 11 is 0. The summed E-state index contributed by atoms with van der Waals surface area (Å²) in [7, 11) is -3.56. The zero-order chi connectivity index (χ0) is 10.0. The standard InChI is InChI=1S/C8H6N2O3S/c11-14(12,8-6-13-10-9-8)7-4-2-1-3-5-7/h1-6H. The van der Waals surface area contributed by atoms with Crippen molar-refractivity contribution in [2.75, 3.05) is 0 Å². The van der Waals surface area contributed by atoms with E-state index in [9.17, 15) is 8.42 Å². The first-order valence-electron chi connectivity index (χ1n) is 3.78. The lowest BCUT2D eigenvalue weighted by Gasteiger charge is -1.97. The summed E-state index contributed by atoms with van der Waals surface area (Å²) in [6.07, 6.45) is 1.00. The Hall–Kier alpha value is -1.69. The Balaban J connectivity index is 2.55. The van der Waals surface area contributed by atoms with Gasteiger partial charge in [0.05, 0.1) is 4.90 Å². The van der Waals surface area contributed by atoms with Crippen LogP contribution in [0.3, 0.4) is 0 Å². The molecule has 0 radical (unpaired) electrons. The van der Waals surface area contributed by atoms with Crippen molar-refractivity contribution >= 4 is 9.84 Å². The van der Waals surface area contributed by atoms with Gasteiger partial charge in [0.25, 0.3) is 0 Å². The quantitative estimate of drug-likeness (QED) is 0.736. The molecule has 6 heteroatoms. The fourth-order valence-corrected chi connectivity index (χ4v) is 2.06. The number of benzene rings is 1. The summed E-state index contributed by atoms with van der Waals surface area (Å²) in [4.78, 5) is 0.177. The average Bonchev–Trinajstić information content (AvgIpc) is 2.72. The van der Waals surface area contributed by atoms with Crippen LogP contribution in [0.25, 0.3) is 0 Å². The fourth-order valence-electron chi connectivity index (χ4n) is 0.994. The maximum absolute atomic E-state index is 11.7. The van der Waals surface area contributed by atoms with Crippen LogP contribution in [0.1, 0.15) is 0 Å². The maximum atomic E-state index is 11.7. The van der Waals surface area contributed by atoms with E-state index in [1.807, 2.05) is 0 Å². The summed E-state index contributed by atoms with van der Waals surface area (Å²) in [6.45, 7) is 0. The molecule has 0 aliphatic heterocycles. The lowest BCUT2D eigenvalue weighted by molar-refractivity contribution is 0.392. The molecule has 0 aliphatic carbocycles. The van der Waals surface area contributed by atoms with Crippen LogP contribution in [0.5, 0.6) is 0 Å². The predicted octanol–water partition coefficient (Wildman–Crippen LogP) is 0.902. The predicted molar refractivity (Wildman–Crippen MR) is 46.2 cm³/mol. The van der Waals surface area contributed by atoms with Crippen molar-refractivity contribution in [3.05, 3.63) is 36.6 Å². The van der Waals surface area contributed by atoms with E-state index in [2.05, 4.69) is 14.9 Å². The van der Waals surface area contributed by atoms with Crippen molar-refractivity contribution in [2.45, 2.75) is 9.92 Å². The molecule has 0 bridgehead atoms. The van der Waals surface area contributed by atoms with E-state index in [1.54, 1.807) is 18.2 Å². The van der Waals surface area contributed by atoms with Crippen LogP contribution in [0.4, 0.5) is 0 Å². The van der Waals surface area contributed by atoms with Crippen LogP contribution in [0.2, 0.25) is 0 Å². The monoisotopic (exact) mass is 210 g/mol. The van der Waals surface area contributed by atoms with Crippen molar-refractivity contribution in [1.29, 1.82) is 0 Å². The fraction of sp³-hybridized carbons (Fsp3) is 0. The van der Waals surface area contributed by atoms with Gasteiger partial charge in [-0.15, -0.1) is 0 Å². The largest absolute Gasteiger partial charge is 0.344 e. The Morgan fingerprint density at radius 3 is 2.43 bits per heavy atom. The second-order valence-electron chi connectivity index (χ2n) is 2.56. The van der Waals surface area contributed by atoms with Gasteiger partial charge in [-0.2, -0.15) is 0 Å². The molecule has 0 aliphatic rings. The van der Waals surface area contributed by atoms with E-state index < -0.39 is 9.84 Å². The number of rotatable bonds is 2. The Labute approximate surface area is 80.3 Å². The van der Waals surface area contributed by atoms with Crippen LogP contribution >= 0.6 is 0 Å². The molecule has 1 aromatic carbocycles. The smallest absolute Gasteiger partial charge is 0.229 e. The van der Waals surface area contributed by atoms with Gasteiger partial charge in [0, 0.05) is 5.27 Å². The lowest BCUT2D eigenvalue weighted by Crippen LogP contribution is -2.01. The number of aromatic nitrogens is 2. The molecule has 2 rings (SSSR count). The molecule has 1 aromatic heterocycles. The third kappa shape index (κ3) is 1.39. The third-order valence-corrected chi connectivity index (χ3v) is 3.29. The summed E-state index contributed by atoms with van der Waals surface area (Å²) in [5.41, 5.74) is 0. The van der Waals surface area contributed by atoms with Gasteiger partial charge >= 0.3 is 0 Å². The molecule has 0 spiro atoms. The minimum Gasteiger partial charge on any atom is -0.344 e. The van der Waals surface area contributed by atoms with Crippen molar-refractivity contribution in [1.82, 2.24) is 10.4 Å². The van der Waals surface area contributed by atoms with E-state index >= 15 is 0 Å². The van der Waals surface area contributed by atoms with Crippen molar-refractivity contribution < 1.29 is 12.9 Å². The minimum atomic E-state index is -3.56. The van der Waals surface area contributed by atoms with E-state index in [0.717, 1.165) is 6.26 Å². The molecular formula is C8H6N2O3S. The Morgan fingerprint density at radius 2 is 1.86 bits per heavy atom. The van der Waals surface area contributed by atoms with Gasteiger partial charge in [-0.05, 0) is 12.1 Å². The lowest BCUT2D eigenvalue weighted by atomic mass is 10.4. The van der Waals surface area contributed by atoms with Gasteiger partial charge in [0.15, 0.2) is 6.26 Å². The summed E-state index contributed by atoms with van der Waals surface area (Å²) < 4.78 is 27.8. The highest BCUT2D eigenvalue weighted by Gasteiger charge is 2.20. The van der Waals surface area contributed by atoms with E-state index in [-0.39, 0.29) is 9.92 Å². The summed E-state index contributed by atoms with van der Waals surface area (Å²) in [5.74, 6) is 0.